The highest BCUT2D eigenvalue weighted by Gasteiger charge is 2.08. The van der Waals surface area contributed by atoms with Gasteiger partial charge in [-0.2, -0.15) is 0 Å². The van der Waals surface area contributed by atoms with Gasteiger partial charge in [0.15, 0.2) is 16.3 Å². The number of para-hydroxylation sites is 1. The fourth-order valence-corrected chi connectivity index (χ4v) is 3.10. The van der Waals surface area contributed by atoms with Crippen LogP contribution < -0.4 is 10.9 Å². The first-order chi connectivity index (χ1) is 10.3. The van der Waals surface area contributed by atoms with Crippen LogP contribution in [0.5, 0.6) is 0 Å². The third kappa shape index (κ3) is 3.11. The van der Waals surface area contributed by atoms with Crippen molar-refractivity contribution < 1.29 is 0 Å². The summed E-state index contributed by atoms with van der Waals surface area (Å²) < 4.78 is 0. The second-order valence-corrected chi connectivity index (χ2v) is 5.75. The van der Waals surface area contributed by atoms with Gasteiger partial charge in [0.05, 0.1) is 11.8 Å². The zero-order valence-corrected chi connectivity index (χ0v) is 13.3. The van der Waals surface area contributed by atoms with Gasteiger partial charge in [-0.1, -0.05) is 45.9 Å². The molecule has 0 aliphatic rings. The number of imidazole rings is 1. The standard InChI is InChI=1S/C13H12BrN5OS/c14-6-15-9-4-2-1-3-8(9)5-21-13-18-10-11(19-13)16-7-17-12(10)20/h1-4,7,15H,5-6H2,(H2,16,17,18,19,20). The summed E-state index contributed by atoms with van der Waals surface area (Å²) in [5.74, 6) is 0.744. The minimum atomic E-state index is -0.208. The summed E-state index contributed by atoms with van der Waals surface area (Å²) in [6.07, 6.45) is 1.36. The lowest BCUT2D eigenvalue weighted by Crippen LogP contribution is -2.05. The molecule has 0 aliphatic carbocycles. The Morgan fingerprint density at radius 3 is 3.00 bits per heavy atom. The number of aromatic amines is 2. The number of benzene rings is 1. The van der Waals surface area contributed by atoms with Crippen LogP contribution in [0.4, 0.5) is 5.69 Å². The van der Waals surface area contributed by atoms with Crippen LogP contribution in [0.15, 0.2) is 40.5 Å². The smallest absolute Gasteiger partial charge is 0.276 e. The van der Waals surface area contributed by atoms with Gasteiger partial charge in [0, 0.05) is 11.4 Å². The van der Waals surface area contributed by atoms with Crippen LogP contribution in [0.1, 0.15) is 5.56 Å². The summed E-state index contributed by atoms with van der Waals surface area (Å²) in [4.78, 5) is 25.5. The van der Waals surface area contributed by atoms with Crippen LogP contribution >= 0.6 is 27.7 Å². The lowest BCUT2D eigenvalue weighted by molar-refractivity contribution is 1.07. The molecule has 0 unspecified atom stereocenters. The first-order valence-electron chi connectivity index (χ1n) is 6.22. The molecule has 0 saturated carbocycles. The molecular weight excluding hydrogens is 354 g/mol. The number of hydrogen-bond acceptors (Lipinski definition) is 5. The Labute approximate surface area is 132 Å². The molecule has 3 aromatic rings. The molecule has 0 radical (unpaired) electrons. The Kier molecular flexibility index (Phi) is 4.26. The number of rotatable bonds is 5. The molecule has 0 bridgehead atoms. The van der Waals surface area contributed by atoms with Crippen molar-refractivity contribution >= 4 is 44.5 Å². The van der Waals surface area contributed by atoms with Crippen molar-refractivity contribution in [2.24, 2.45) is 0 Å². The SMILES string of the molecule is O=c1[nH]cnc2nc(SCc3ccccc3NCBr)[nH]c12. The molecule has 0 spiro atoms. The van der Waals surface area contributed by atoms with E-state index in [4.69, 9.17) is 0 Å². The number of H-pyrrole nitrogens is 2. The zero-order chi connectivity index (χ0) is 14.7. The Morgan fingerprint density at radius 1 is 1.33 bits per heavy atom. The van der Waals surface area contributed by atoms with Crippen LogP contribution in [0.3, 0.4) is 0 Å². The number of aromatic nitrogens is 4. The summed E-state index contributed by atoms with van der Waals surface area (Å²) in [6, 6.07) is 8.08. The number of anilines is 1. The largest absolute Gasteiger partial charge is 0.375 e. The third-order valence-electron chi connectivity index (χ3n) is 2.91. The monoisotopic (exact) mass is 365 g/mol. The number of alkyl halides is 1. The number of nitrogens with one attached hydrogen (secondary N) is 3. The molecule has 3 rings (SSSR count). The van der Waals surface area contributed by atoms with Crippen LogP contribution in [-0.4, -0.2) is 25.4 Å². The number of hydrogen-bond donors (Lipinski definition) is 3. The fourth-order valence-electron chi connectivity index (χ4n) is 1.92. The number of fused-ring (bicyclic) bond motifs is 1. The summed E-state index contributed by atoms with van der Waals surface area (Å²) in [5, 5.41) is 3.94. The molecule has 0 amide bonds. The van der Waals surface area contributed by atoms with Crippen molar-refractivity contribution in [2.45, 2.75) is 10.9 Å². The van der Waals surface area contributed by atoms with Gasteiger partial charge in [-0.15, -0.1) is 0 Å². The molecule has 21 heavy (non-hydrogen) atoms. The van der Waals surface area contributed by atoms with Crippen LogP contribution in [-0.2, 0) is 5.75 Å². The van der Waals surface area contributed by atoms with E-state index in [2.05, 4.69) is 47.2 Å². The zero-order valence-electron chi connectivity index (χ0n) is 10.9. The third-order valence-corrected chi connectivity index (χ3v) is 4.11. The molecule has 1 aromatic carbocycles. The van der Waals surface area contributed by atoms with Crippen molar-refractivity contribution in [1.29, 1.82) is 0 Å². The van der Waals surface area contributed by atoms with Crippen molar-refractivity contribution in [2.75, 3.05) is 10.8 Å². The van der Waals surface area contributed by atoms with Gasteiger partial charge in [0.2, 0.25) is 0 Å². The molecule has 0 fully saturated rings. The Balaban J connectivity index is 1.80. The Morgan fingerprint density at radius 2 is 2.19 bits per heavy atom. The average Bonchev–Trinajstić information content (AvgIpc) is 2.91. The normalized spacial score (nSPS) is 10.9. The molecule has 6 nitrogen and oxygen atoms in total. The molecule has 3 N–H and O–H groups in total. The quantitative estimate of drug-likeness (QED) is 0.367. The van der Waals surface area contributed by atoms with Gasteiger partial charge < -0.3 is 15.3 Å². The highest BCUT2D eigenvalue weighted by atomic mass is 79.9. The highest BCUT2D eigenvalue weighted by molar-refractivity contribution is 9.09. The van der Waals surface area contributed by atoms with E-state index in [1.165, 1.54) is 23.7 Å². The lowest BCUT2D eigenvalue weighted by Gasteiger charge is -2.08. The fraction of sp³-hybridized carbons (Fsp3) is 0.154. The second-order valence-electron chi connectivity index (χ2n) is 4.23. The molecule has 0 saturated heterocycles. The van der Waals surface area contributed by atoms with Crippen LogP contribution in [0, 0.1) is 0 Å². The number of thioether (sulfide) groups is 1. The van der Waals surface area contributed by atoms with E-state index in [0.717, 1.165) is 11.4 Å². The van der Waals surface area contributed by atoms with Crippen molar-refractivity contribution in [1.82, 2.24) is 19.9 Å². The molecule has 2 aromatic heterocycles. The van der Waals surface area contributed by atoms with Crippen LogP contribution in [0.25, 0.3) is 11.2 Å². The van der Waals surface area contributed by atoms with E-state index >= 15 is 0 Å². The minimum absolute atomic E-state index is 0.208. The lowest BCUT2D eigenvalue weighted by atomic mass is 10.2. The maximum Gasteiger partial charge on any atom is 0.276 e. The summed E-state index contributed by atoms with van der Waals surface area (Å²) in [7, 11) is 0. The van der Waals surface area contributed by atoms with Gasteiger partial charge in [-0.05, 0) is 11.6 Å². The maximum absolute atomic E-state index is 11.6. The van der Waals surface area contributed by atoms with E-state index in [9.17, 15) is 4.79 Å². The topological polar surface area (TPSA) is 86.5 Å². The van der Waals surface area contributed by atoms with Gasteiger partial charge in [0.1, 0.15) is 0 Å². The molecular formula is C13H12BrN5OS. The van der Waals surface area contributed by atoms with E-state index in [0.29, 0.717) is 21.8 Å². The number of halogens is 1. The maximum atomic E-state index is 11.6. The Hall–Kier alpha value is -1.80. The highest BCUT2D eigenvalue weighted by Crippen LogP contribution is 2.25. The van der Waals surface area contributed by atoms with Gasteiger partial charge >= 0.3 is 0 Å². The van der Waals surface area contributed by atoms with Crippen molar-refractivity contribution in [3.05, 3.63) is 46.5 Å². The van der Waals surface area contributed by atoms with Crippen LogP contribution in [0.2, 0.25) is 0 Å². The molecule has 108 valence electrons. The first-order valence-corrected chi connectivity index (χ1v) is 8.32. The van der Waals surface area contributed by atoms with E-state index in [-0.39, 0.29) is 5.56 Å². The summed E-state index contributed by atoms with van der Waals surface area (Å²) in [6.45, 7) is 0. The van der Waals surface area contributed by atoms with Gasteiger partial charge in [-0.25, -0.2) is 9.97 Å². The predicted molar refractivity (Wildman–Crippen MR) is 87.9 cm³/mol. The van der Waals surface area contributed by atoms with Gasteiger partial charge in [0.25, 0.3) is 5.56 Å². The van der Waals surface area contributed by atoms with E-state index < -0.39 is 0 Å². The molecule has 0 atom stereocenters. The Bertz CT molecular complexity index is 815. The average molecular weight is 366 g/mol. The van der Waals surface area contributed by atoms with E-state index in [1.807, 2.05) is 18.2 Å². The summed E-state index contributed by atoms with van der Waals surface area (Å²) in [5.41, 5.74) is 3.58. The second kappa shape index (κ2) is 6.31. The molecule has 0 aliphatic heterocycles. The predicted octanol–water partition coefficient (Wildman–Crippen LogP) is 2.70. The van der Waals surface area contributed by atoms with Crippen molar-refractivity contribution in [3.63, 3.8) is 0 Å². The number of nitrogens with zero attached hydrogens (tertiary/aromatic N) is 2. The summed E-state index contributed by atoms with van der Waals surface area (Å²) >= 11 is 4.90. The van der Waals surface area contributed by atoms with Gasteiger partial charge in [-0.3, -0.25) is 4.79 Å². The molecule has 8 heteroatoms. The van der Waals surface area contributed by atoms with E-state index in [1.54, 1.807) is 0 Å². The minimum Gasteiger partial charge on any atom is -0.375 e. The molecule has 2 heterocycles. The van der Waals surface area contributed by atoms with Crippen molar-refractivity contribution in [3.8, 4) is 0 Å². The first kappa shape index (κ1) is 14.2.